The number of carbonyl (C=O) groups excluding carboxylic acids is 1. The van der Waals surface area contributed by atoms with Gasteiger partial charge in [0.1, 0.15) is 11.6 Å². The van der Waals surface area contributed by atoms with Crippen LogP contribution in [-0.2, 0) is 0 Å². The fourth-order valence-electron chi connectivity index (χ4n) is 1.54. The summed E-state index contributed by atoms with van der Waals surface area (Å²) < 4.78 is 27.5. The molecule has 0 aliphatic carbocycles. The second-order valence-electron chi connectivity index (χ2n) is 3.87. The van der Waals surface area contributed by atoms with Gasteiger partial charge >= 0.3 is 0 Å². The first kappa shape index (κ1) is 14.2. The zero-order valence-electron chi connectivity index (χ0n) is 9.91. The number of ketones is 1. The van der Waals surface area contributed by atoms with Gasteiger partial charge in [0.25, 0.3) is 0 Å². The lowest BCUT2D eigenvalue weighted by atomic mass is 10.1. The fraction of sp³-hybridized carbons (Fsp3) is 0.0714. The molecule has 0 amide bonds. The molecule has 0 spiro atoms. The van der Waals surface area contributed by atoms with Crippen molar-refractivity contribution in [1.82, 2.24) is 0 Å². The molecule has 2 aromatic rings. The molecule has 98 valence electrons. The summed E-state index contributed by atoms with van der Waals surface area (Å²) in [5.74, 6) is -1.14. The van der Waals surface area contributed by atoms with Crippen LogP contribution in [0.4, 0.5) is 8.78 Å². The lowest BCUT2D eigenvalue weighted by Crippen LogP contribution is -1.95. The largest absolute Gasteiger partial charge is 0.294 e. The van der Waals surface area contributed by atoms with Crippen LogP contribution in [0, 0.1) is 11.6 Å². The second kappa shape index (κ2) is 5.84. The smallest absolute Gasteiger partial charge is 0.160 e. The molecule has 2 aromatic carbocycles. The van der Waals surface area contributed by atoms with Crippen LogP contribution in [0.5, 0.6) is 0 Å². The maximum atomic E-state index is 13.6. The maximum Gasteiger partial charge on any atom is 0.160 e. The van der Waals surface area contributed by atoms with Gasteiger partial charge in [-0.3, -0.25) is 4.79 Å². The Hall–Kier alpha value is -1.20. The average Bonchev–Trinajstić information content (AvgIpc) is 2.35. The van der Waals surface area contributed by atoms with Gasteiger partial charge in [-0.1, -0.05) is 27.7 Å². The number of Topliss-reactive ketones (excluding diaryl/α,β-unsaturated/α-hetero) is 1. The Bertz CT molecular complexity index is 643. The summed E-state index contributed by atoms with van der Waals surface area (Å²) in [4.78, 5) is 12.3. The van der Waals surface area contributed by atoms with Crippen LogP contribution in [-0.4, -0.2) is 5.78 Å². The molecule has 1 nitrogen and oxygen atoms in total. The van der Waals surface area contributed by atoms with E-state index in [0.29, 0.717) is 10.5 Å². The highest BCUT2D eigenvalue weighted by Crippen LogP contribution is 2.34. The number of hydrogen-bond donors (Lipinski definition) is 0. The maximum absolute atomic E-state index is 13.6. The van der Waals surface area contributed by atoms with Gasteiger partial charge in [-0.05, 0) is 43.3 Å². The molecule has 0 aliphatic heterocycles. The highest BCUT2D eigenvalue weighted by molar-refractivity contribution is 9.10. The van der Waals surface area contributed by atoms with E-state index in [9.17, 15) is 13.6 Å². The van der Waals surface area contributed by atoms with E-state index in [-0.39, 0.29) is 10.7 Å². The summed E-state index contributed by atoms with van der Waals surface area (Å²) in [6, 6.07) is 8.38. The Balaban J connectivity index is 2.43. The molecule has 0 N–H and O–H groups in total. The van der Waals surface area contributed by atoms with Crippen molar-refractivity contribution in [3.63, 3.8) is 0 Å². The molecule has 0 saturated heterocycles. The van der Waals surface area contributed by atoms with Gasteiger partial charge in [0.15, 0.2) is 5.78 Å². The predicted molar refractivity (Wildman–Crippen MR) is 74.6 cm³/mol. The molecule has 0 atom stereocenters. The standard InChI is InChI=1S/C14H9BrF2OS/c1-8(18)11-6-9(15)2-5-13(11)19-14-7-10(16)3-4-12(14)17/h2-7H,1H3. The molecule has 5 heteroatoms. The molecule has 2 rings (SSSR count). The minimum atomic E-state index is -0.510. The van der Waals surface area contributed by atoms with Gasteiger partial charge in [0, 0.05) is 14.9 Å². The molecule has 0 saturated carbocycles. The quantitative estimate of drug-likeness (QED) is 0.723. The first-order valence-electron chi connectivity index (χ1n) is 5.41. The molecule has 0 unspecified atom stereocenters. The van der Waals surface area contributed by atoms with Gasteiger partial charge in [-0.15, -0.1) is 0 Å². The summed E-state index contributed by atoms with van der Waals surface area (Å²) in [7, 11) is 0. The van der Waals surface area contributed by atoms with E-state index < -0.39 is 11.6 Å². The third-order valence-electron chi connectivity index (χ3n) is 2.43. The van der Waals surface area contributed by atoms with Gasteiger partial charge in [0.05, 0.1) is 4.90 Å². The van der Waals surface area contributed by atoms with E-state index in [0.717, 1.165) is 34.4 Å². The Kier molecular flexibility index (Phi) is 4.37. The Labute approximate surface area is 122 Å². The lowest BCUT2D eigenvalue weighted by molar-refractivity contribution is 0.101. The molecule has 0 aromatic heterocycles. The number of rotatable bonds is 3. The van der Waals surface area contributed by atoms with Crippen molar-refractivity contribution in [2.75, 3.05) is 0 Å². The van der Waals surface area contributed by atoms with Crippen molar-refractivity contribution in [1.29, 1.82) is 0 Å². The molecule has 0 bridgehead atoms. The van der Waals surface area contributed by atoms with Gasteiger partial charge in [0.2, 0.25) is 0 Å². The number of hydrogen-bond acceptors (Lipinski definition) is 2. The number of benzene rings is 2. The summed E-state index contributed by atoms with van der Waals surface area (Å²) >= 11 is 4.32. The van der Waals surface area contributed by atoms with Crippen molar-refractivity contribution >= 4 is 33.5 Å². The molecular weight excluding hydrogens is 334 g/mol. The first-order chi connectivity index (χ1) is 8.97. The van der Waals surface area contributed by atoms with Crippen LogP contribution in [0.3, 0.4) is 0 Å². The van der Waals surface area contributed by atoms with Crippen LogP contribution in [0.1, 0.15) is 17.3 Å². The van der Waals surface area contributed by atoms with E-state index in [1.807, 2.05) is 0 Å². The molecule has 0 fully saturated rings. The summed E-state index contributed by atoms with van der Waals surface area (Å²) in [5.41, 5.74) is 0.475. The second-order valence-corrected chi connectivity index (χ2v) is 5.87. The average molecular weight is 343 g/mol. The van der Waals surface area contributed by atoms with Crippen LogP contribution in [0.2, 0.25) is 0 Å². The monoisotopic (exact) mass is 342 g/mol. The predicted octanol–water partition coefficient (Wildman–Crippen LogP) is 5.08. The van der Waals surface area contributed by atoms with Crippen LogP contribution < -0.4 is 0 Å². The third kappa shape index (κ3) is 3.42. The fourth-order valence-corrected chi connectivity index (χ4v) is 2.92. The van der Waals surface area contributed by atoms with Gasteiger partial charge in [-0.2, -0.15) is 0 Å². The van der Waals surface area contributed by atoms with Crippen molar-refractivity contribution < 1.29 is 13.6 Å². The summed E-state index contributed by atoms with van der Waals surface area (Å²) in [6.07, 6.45) is 0. The minimum Gasteiger partial charge on any atom is -0.294 e. The van der Waals surface area contributed by atoms with E-state index in [1.165, 1.54) is 6.92 Å². The van der Waals surface area contributed by atoms with Crippen molar-refractivity contribution in [2.45, 2.75) is 16.7 Å². The van der Waals surface area contributed by atoms with Gasteiger partial charge < -0.3 is 0 Å². The number of carbonyl (C=O) groups is 1. The van der Waals surface area contributed by atoms with Crippen molar-refractivity contribution in [3.05, 3.63) is 58.1 Å². The molecule has 0 aliphatic rings. The normalized spacial score (nSPS) is 10.5. The highest BCUT2D eigenvalue weighted by Gasteiger charge is 2.12. The summed E-state index contributed by atoms with van der Waals surface area (Å²) in [6.45, 7) is 1.44. The Morgan fingerprint density at radius 3 is 2.53 bits per heavy atom. The number of halogens is 3. The molecule has 0 heterocycles. The Morgan fingerprint density at radius 2 is 1.84 bits per heavy atom. The molecule has 0 radical (unpaired) electrons. The topological polar surface area (TPSA) is 17.1 Å². The highest BCUT2D eigenvalue weighted by atomic mass is 79.9. The van der Waals surface area contributed by atoms with Crippen LogP contribution in [0.25, 0.3) is 0 Å². The zero-order valence-corrected chi connectivity index (χ0v) is 12.3. The third-order valence-corrected chi connectivity index (χ3v) is 4.04. The molecular formula is C14H9BrF2OS. The minimum absolute atomic E-state index is 0.124. The van der Waals surface area contributed by atoms with E-state index in [2.05, 4.69) is 15.9 Å². The van der Waals surface area contributed by atoms with E-state index >= 15 is 0 Å². The first-order valence-corrected chi connectivity index (χ1v) is 7.01. The van der Waals surface area contributed by atoms with E-state index in [4.69, 9.17) is 0 Å². The van der Waals surface area contributed by atoms with Crippen LogP contribution >= 0.6 is 27.7 Å². The SMILES string of the molecule is CC(=O)c1cc(Br)ccc1Sc1cc(F)ccc1F. The Morgan fingerprint density at radius 1 is 1.11 bits per heavy atom. The lowest BCUT2D eigenvalue weighted by Gasteiger charge is -2.08. The zero-order chi connectivity index (χ0) is 14.0. The molecule has 19 heavy (non-hydrogen) atoms. The van der Waals surface area contributed by atoms with Crippen molar-refractivity contribution in [2.24, 2.45) is 0 Å². The van der Waals surface area contributed by atoms with Crippen LogP contribution in [0.15, 0.2) is 50.7 Å². The van der Waals surface area contributed by atoms with Crippen molar-refractivity contribution in [3.8, 4) is 0 Å². The summed E-state index contributed by atoms with van der Waals surface area (Å²) in [5, 5.41) is 0. The van der Waals surface area contributed by atoms with Gasteiger partial charge in [-0.25, -0.2) is 8.78 Å². The van der Waals surface area contributed by atoms with E-state index in [1.54, 1.807) is 18.2 Å².